The first kappa shape index (κ1) is 20.0. The van der Waals surface area contributed by atoms with Gasteiger partial charge in [0.05, 0.1) is 6.42 Å². The minimum Gasteiger partial charge on any atom is -0.430 e. The molecule has 1 unspecified atom stereocenters. The molecule has 4 rings (SSSR count). The maximum absolute atomic E-state index is 12.6. The van der Waals surface area contributed by atoms with E-state index in [9.17, 15) is 9.59 Å². The van der Waals surface area contributed by atoms with Crippen LogP contribution in [0.4, 0.5) is 4.79 Å². The Bertz CT molecular complexity index is 665. The van der Waals surface area contributed by atoms with Gasteiger partial charge in [-0.1, -0.05) is 24.3 Å². The molecule has 0 bridgehead atoms. The largest absolute Gasteiger partial charge is 0.509 e. The second-order valence-electron chi connectivity index (χ2n) is 7.76. The summed E-state index contributed by atoms with van der Waals surface area (Å²) in [6, 6.07) is 8.46. The maximum atomic E-state index is 12.6. The van der Waals surface area contributed by atoms with E-state index >= 15 is 0 Å². The second kappa shape index (κ2) is 8.48. The molecule has 1 atom stereocenters. The van der Waals surface area contributed by atoms with E-state index in [0.29, 0.717) is 39.0 Å². The number of ether oxygens (including phenoxy) is 2. The maximum Gasteiger partial charge on any atom is 0.509 e. The summed E-state index contributed by atoms with van der Waals surface area (Å²) in [5.74, 6) is 0.870. The smallest absolute Gasteiger partial charge is 0.430 e. The summed E-state index contributed by atoms with van der Waals surface area (Å²) < 4.78 is 10.2. The van der Waals surface area contributed by atoms with Crippen molar-refractivity contribution in [2.45, 2.75) is 37.7 Å². The minimum atomic E-state index is -0.585. The molecule has 1 amide bonds. The van der Waals surface area contributed by atoms with Crippen LogP contribution in [0.3, 0.4) is 0 Å². The average molecular weight is 395 g/mol. The van der Waals surface area contributed by atoms with E-state index in [1.54, 1.807) is 0 Å². The third kappa shape index (κ3) is 4.74. The molecule has 27 heavy (non-hydrogen) atoms. The van der Waals surface area contributed by atoms with Gasteiger partial charge < -0.3 is 19.7 Å². The average Bonchev–Trinajstić information content (AvgIpc) is 3.27. The van der Waals surface area contributed by atoms with Crippen molar-refractivity contribution in [1.29, 1.82) is 0 Å². The van der Waals surface area contributed by atoms with Crippen molar-refractivity contribution >= 4 is 24.5 Å². The van der Waals surface area contributed by atoms with Crippen molar-refractivity contribution in [3.05, 3.63) is 35.4 Å². The van der Waals surface area contributed by atoms with Gasteiger partial charge >= 0.3 is 6.16 Å². The Kier molecular flexibility index (Phi) is 6.27. The first-order valence-corrected chi connectivity index (χ1v) is 9.54. The highest BCUT2D eigenvalue weighted by atomic mass is 35.5. The van der Waals surface area contributed by atoms with Gasteiger partial charge in [0.15, 0.2) is 5.60 Å². The quantitative estimate of drug-likeness (QED) is 0.794. The summed E-state index contributed by atoms with van der Waals surface area (Å²) in [4.78, 5) is 25.6. The highest BCUT2D eigenvalue weighted by molar-refractivity contribution is 5.85. The number of piperidine rings is 1. The van der Waals surface area contributed by atoms with Crippen LogP contribution in [0.5, 0.6) is 0 Å². The summed E-state index contributed by atoms with van der Waals surface area (Å²) in [7, 11) is 0. The van der Waals surface area contributed by atoms with Crippen LogP contribution in [0.25, 0.3) is 0 Å². The number of amides is 1. The summed E-state index contributed by atoms with van der Waals surface area (Å²) >= 11 is 0. The zero-order valence-electron chi connectivity index (χ0n) is 15.4. The number of cyclic esters (lactones) is 1. The number of carbonyl (C=O) groups is 2. The third-order valence-corrected chi connectivity index (χ3v) is 5.85. The molecule has 7 heteroatoms. The number of benzene rings is 1. The monoisotopic (exact) mass is 394 g/mol. The highest BCUT2D eigenvalue weighted by Crippen LogP contribution is 2.31. The van der Waals surface area contributed by atoms with E-state index in [4.69, 9.17) is 9.47 Å². The molecular formula is C20H27ClN2O4. The van der Waals surface area contributed by atoms with Gasteiger partial charge in [-0.2, -0.15) is 0 Å². The highest BCUT2D eigenvalue weighted by Gasteiger charge is 2.45. The van der Waals surface area contributed by atoms with Crippen LogP contribution in [-0.4, -0.2) is 55.3 Å². The summed E-state index contributed by atoms with van der Waals surface area (Å²) in [5.41, 5.74) is 1.89. The summed E-state index contributed by atoms with van der Waals surface area (Å²) in [6.07, 6.45) is 3.50. The van der Waals surface area contributed by atoms with Gasteiger partial charge in [-0.05, 0) is 43.0 Å². The van der Waals surface area contributed by atoms with E-state index in [1.165, 1.54) is 12.0 Å². The molecule has 3 saturated heterocycles. The molecule has 6 nitrogen and oxygen atoms in total. The number of rotatable bonds is 4. The normalized spacial score (nSPS) is 23.6. The minimum absolute atomic E-state index is 0. The molecule has 3 aliphatic rings. The first-order valence-electron chi connectivity index (χ1n) is 9.54. The van der Waals surface area contributed by atoms with Crippen LogP contribution in [0, 0.1) is 5.92 Å². The number of carbonyl (C=O) groups excluding carboxylic acids is 2. The molecule has 1 spiro atoms. The lowest BCUT2D eigenvalue weighted by molar-refractivity contribution is -0.133. The molecule has 1 aromatic rings. The molecule has 1 N–H and O–H groups in total. The number of hydrogen-bond acceptors (Lipinski definition) is 5. The molecule has 3 heterocycles. The third-order valence-electron chi connectivity index (χ3n) is 5.85. The Balaban J connectivity index is 0.00000210. The van der Waals surface area contributed by atoms with Gasteiger partial charge in [0, 0.05) is 25.9 Å². The van der Waals surface area contributed by atoms with Gasteiger partial charge in [-0.25, -0.2) is 4.79 Å². The summed E-state index contributed by atoms with van der Waals surface area (Å²) in [5, 5.41) is 3.40. The molecular weight excluding hydrogens is 368 g/mol. The molecule has 0 radical (unpaired) electrons. The van der Waals surface area contributed by atoms with Crippen LogP contribution >= 0.6 is 12.4 Å². The number of hydrogen-bond donors (Lipinski definition) is 1. The van der Waals surface area contributed by atoms with Crippen molar-refractivity contribution in [3.63, 3.8) is 0 Å². The van der Waals surface area contributed by atoms with Crippen molar-refractivity contribution in [3.8, 4) is 0 Å². The van der Waals surface area contributed by atoms with E-state index in [1.807, 2.05) is 4.90 Å². The lowest BCUT2D eigenvalue weighted by Gasteiger charge is -2.36. The Morgan fingerprint density at radius 1 is 1.19 bits per heavy atom. The van der Waals surface area contributed by atoms with Gasteiger partial charge in [-0.15, -0.1) is 12.4 Å². The van der Waals surface area contributed by atoms with Crippen LogP contribution in [0.1, 0.15) is 30.4 Å². The topological polar surface area (TPSA) is 67.9 Å². The van der Waals surface area contributed by atoms with Crippen molar-refractivity contribution < 1.29 is 19.1 Å². The first-order chi connectivity index (χ1) is 12.6. The molecule has 1 aromatic carbocycles. The fourth-order valence-corrected chi connectivity index (χ4v) is 4.14. The predicted octanol–water partition coefficient (Wildman–Crippen LogP) is 2.33. The molecule has 3 fully saturated rings. The van der Waals surface area contributed by atoms with E-state index in [-0.39, 0.29) is 18.3 Å². The molecule has 0 aliphatic carbocycles. The molecule has 0 saturated carbocycles. The number of nitrogens with one attached hydrogen (secondary N) is 1. The zero-order valence-corrected chi connectivity index (χ0v) is 16.3. The zero-order chi connectivity index (χ0) is 18.0. The van der Waals surface area contributed by atoms with Crippen LogP contribution in [-0.2, 0) is 27.1 Å². The number of nitrogens with zero attached hydrogens (tertiary/aromatic N) is 1. The Morgan fingerprint density at radius 2 is 1.89 bits per heavy atom. The van der Waals surface area contributed by atoms with E-state index < -0.39 is 11.8 Å². The fraction of sp³-hybridized carbons (Fsp3) is 0.600. The fourth-order valence-electron chi connectivity index (χ4n) is 4.14. The Labute approximate surface area is 166 Å². The lowest BCUT2D eigenvalue weighted by Crippen LogP contribution is -2.48. The van der Waals surface area contributed by atoms with E-state index in [0.717, 1.165) is 31.0 Å². The molecule has 148 valence electrons. The van der Waals surface area contributed by atoms with Crippen LogP contribution in [0.2, 0.25) is 0 Å². The van der Waals surface area contributed by atoms with Crippen molar-refractivity contribution in [1.82, 2.24) is 10.2 Å². The number of likely N-dealkylation sites (tertiary alicyclic amines) is 1. The number of halogens is 1. The van der Waals surface area contributed by atoms with Gasteiger partial charge in [0.2, 0.25) is 5.91 Å². The Hall–Kier alpha value is -1.79. The second-order valence-corrected chi connectivity index (χ2v) is 7.76. The van der Waals surface area contributed by atoms with Crippen molar-refractivity contribution in [2.24, 2.45) is 5.92 Å². The van der Waals surface area contributed by atoms with Crippen molar-refractivity contribution in [2.75, 3.05) is 32.8 Å². The standard InChI is InChI=1S/C20H26N2O4.ClH/c23-18(22-9-6-20(7-10-22)14-25-19(24)26-20)12-16-3-1-15(2-4-16)11-17-5-8-21-13-17;/h1-4,17,21H,5-14H2;1H. The van der Waals surface area contributed by atoms with Crippen LogP contribution in [0.15, 0.2) is 24.3 Å². The summed E-state index contributed by atoms with van der Waals surface area (Å²) in [6.45, 7) is 3.77. The Morgan fingerprint density at radius 3 is 2.48 bits per heavy atom. The van der Waals surface area contributed by atoms with Gasteiger partial charge in [0.1, 0.15) is 6.61 Å². The lowest BCUT2D eigenvalue weighted by atomic mass is 9.92. The van der Waals surface area contributed by atoms with Crippen LogP contribution < -0.4 is 5.32 Å². The van der Waals surface area contributed by atoms with Gasteiger partial charge in [-0.3, -0.25) is 4.79 Å². The molecule has 3 aliphatic heterocycles. The van der Waals surface area contributed by atoms with E-state index in [2.05, 4.69) is 29.6 Å². The SMILES string of the molecule is Cl.O=C1OCC2(CCN(C(=O)Cc3ccc(CC4CCNC4)cc3)CC2)O1. The van der Waals surface area contributed by atoms with Gasteiger partial charge in [0.25, 0.3) is 0 Å². The predicted molar refractivity (Wildman–Crippen MR) is 103 cm³/mol. The molecule has 0 aromatic heterocycles.